The van der Waals surface area contributed by atoms with E-state index in [9.17, 15) is 18.4 Å². The van der Waals surface area contributed by atoms with E-state index >= 15 is 0 Å². The van der Waals surface area contributed by atoms with Crippen molar-refractivity contribution in [2.45, 2.75) is 20.3 Å². The summed E-state index contributed by atoms with van der Waals surface area (Å²) in [6.07, 6.45) is -0.335. The number of halogens is 2. The lowest BCUT2D eigenvalue weighted by Crippen LogP contribution is -2.29. The fourth-order valence-corrected chi connectivity index (χ4v) is 1.27. The van der Waals surface area contributed by atoms with Gasteiger partial charge in [0.2, 0.25) is 5.91 Å². The predicted octanol–water partition coefficient (Wildman–Crippen LogP) is 2.40. The second-order valence-corrected chi connectivity index (χ2v) is 4.52. The van der Waals surface area contributed by atoms with Crippen molar-refractivity contribution < 1.29 is 23.5 Å². The van der Waals surface area contributed by atoms with Gasteiger partial charge in [-0.3, -0.25) is 9.59 Å². The average Bonchev–Trinajstić information content (AvgIpc) is 2.23. The topological polar surface area (TPSA) is 66.4 Å². The van der Waals surface area contributed by atoms with Crippen molar-refractivity contribution in [3.63, 3.8) is 0 Å². The lowest BCUT2D eigenvalue weighted by Gasteiger charge is -2.18. The Bertz CT molecular complexity index is 486. The number of anilines is 1. The number of aliphatic carboxylic acids is 1. The van der Waals surface area contributed by atoms with Crippen LogP contribution in [0.1, 0.15) is 20.3 Å². The lowest BCUT2D eigenvalue weighted by molar-refractivity contribution is -0.148. The molecule has 1 rings (SSSR count). The Morgan fingerprint density at radius 3 is 2.50 bits per heavy atom. The van der Waals surface area contributed by atoms with Crippen LogP contribution in [0, 0.1) is 17.0 Å². The maximum Gasteiger partial charge on any atom is 0.309 e. The summed E-state index contributed by atoms with van der Waals surface area (Å²) < 4.78 is 26.1. The Labute approximate surface area is 103 Å². The smallest absolute Gasteiger partial charge is 0.309 e. The lowest BCUT2D eigenvalue weighted by atomic mass is 9.89. The van der Waals surface area contributed by atoms with Gasteiger partial charge >= 0.3 is 5.97 Å². The minimum Gasteiger partial charge on any atom is -0.481 e. The van der Waals surface area contributed by atoms with Crippen molar-refractivity contribution in [2.75, 3.05) is 5.32 Å². The van der Waals surface area contributed by atoms with Crippen molar-refractivity contribution in [2.24, 2.45) is 5.41 Å². The number of hydrogen-bond acceptors (Lipinski definition) is 2. The van der Waals surface area contributed by atoms with Gasteiger partial charge in [0.05, 0.1) is 11.1 Å². The summed E-state index contributed by atoms with van der Waals surface area (Å²) in [6, 6.07) is 3.37. The molecule has 0 unspecified atom stereocenters. The van der Waals surface area contributed by atoms with E-state index in [1.807, 2.05) is 0 Å². The summed E-state index contributed by atoms with van der Waals surface area (Å²) in [7, 11) is 0. The fraction of sp³-hybridized carbons (Fsp3) is 0.333. The highest BCUT2D eigenvalue weighted by Gasteiger charge is 2.30. The SMILES string of the molecule is CC(C)(CC(=O)Nc1cccc(F)c1F)C(=O)O. The number of carboxylic acids is 1. The first-order chi connectivity index (χ1) is 8.24. The molecule has 0 heterocycles. The normalized spacial score (nSPS) is 11.1. The third-order valence-corrected chi connectivity index (χ3v) is 2.41. The van der Waals surface area contributed by atoms with Crippen LogP contribution in [-0.4, -0.2) is 17.0 Å². The molecule has 1 aromatic rings. The van der Waals surface area contributed by atoms with E-state index in [1.54, 1.807) is 0 Å². The Kier molecular flexibility index (Phi) is 4.00. The molecule has 0 bridgehead atoms. The molecular weight excluding hydrogens is 244 g/mol. The molecule has 0 aromatic heterocycles. The highest BCUT2D eigenvalue weighted by atomic mass is 19.2. The minimum absolute atomic E-state index is 0.304. The molecule has 1 amide bonds. The largest absolute Gasteiger partial charge is 0.481 e. The second-order valence-electron chi connectivity index (χ2n) is 4.52. The van der Waals surface area contributed by atoms with Gasteiger partial charge in [-0.25, -0.2) is 8.78 Å². The van der Waals surface area contributed by atoms with Crippen LogP contribution in [0.3, 0.4) is 0 Å². The fourth-order valence-electron chi connectivity index (χ4n) is 1.27. The highest BCUT2D eigenvalue weighted by molar-refractivity contribution is 5.94. The van der Waals surface area contributed by atoms with Gasteiger partial charge in [0.25, 0.3) is 0 Å². The first-order valence-corrected chi connectivity index (χ1v) is 5.21. The predicted molar refractivity (Wildman–Crippen MR) is 61.0 cm³/mol. The van der Waals surface area contributed by atoms with Gasteiger partial charge in [0, 0.05) is 6.42 Å². The molecule has 0 aliphatic rings. The van der Waals surface area contributed by atoms with Gasteiger partial charge < -0.3 is 10.4 Å². The van der Waals surface area contributed by atoms with Gasteiger partial charge in [-0.1, -0.05) is 6.07 Å². The number of carboxylic acid groups (broad SMARTS) is 1. The molecule has 0 aliphatic heterocycles. The maximum absolute atomic E-state index is 13.2. The third-order valence-electron chi connectivity index (χ3n) is 2.41. The first kappa shape index (κ1) is 14.1. The van der Waals surface area contributed by atoms with Crippen LogP contribution in [0.4, 0.5) is 14.5 Å². The van der Waals surface area contributed by atoms with Crippen LogP contribution in [-0.2, 0) is 9.59 Å². The number of rotatable bonds is 4. The molecule has 0 saturated heterocycles. The van der Waals surface area contributed by atoms with Gasteiger partial charge in [0.15, 0.2) is 11.6 Å². The van der Waals surface area contributed by atoms with Crippen molar-refractivity contribution in [3.8, 4) is 0 Å². The van der Waals surface area contributed by atoms with Crippen LogP contribution >= 0.6 is 0 Å². The zero-order chi connectivity index (χ0) is 13.9. The van der Waals surface area contributed by atoms with E-state index in [2.05, 4.69) is 5.32 Å². The van der Waals surface area contributed by atoms with Crippen LogP contribution in [0.25, 0.3) is 0 Å². The van der Waals surface area contributed by atoms with Crippen LogP contribution < -0.4 is 5.32 Å². The van der Waals surface area contributed by atoms with E-state index < -0.39 is 28.9 Å². The molecule has 0 spiro atoms. The Balaban J connectivity index is 2.77. The summed E-state index contributed by atoms with van der Waals surface area (Å²) in [4.78, 5) is 22.3. The standard InChI is InChI=1S/C12H13F2NO3/c1-12(2,11(17)18)6-9(16)15-8-5-3-4-7(13)10(8)14/h3-5H,6H2,1-2H3,(H,15,16)(H,17,18). The zero-order valence-electron chi connectivity index (χ0n) is 9.96. The van der Waals surface area contributed by atoms with E-state index in [-0.39, 0.29) is 12.1 Å². The van der Waals surface area contributed by atoms with Gasteiger partial charge in [-0.2, -0.15) is 0 Å². The van der Waals surface area contributed by atoms with Crippen LogP contribution in [0.15, 0.2) is 18.2 Å². The molecule has 0 saturated carbocycles. The molecule has 6 heteroatoms. The quantitative estimate of drug-likeness (QED) is 0.870. The monoisotopic (exact) mass is 257 g/mol. The Hall–Kier alpha value is -1.98. The molecule has 18 heavy (non-hydrogen) atoms. The summed E-state index contributed by atoms with van der Waals surface area (Å²) in [5.41, 5.74) is -1.57. The molecule has 98 valence electrons. The number of amides is 1. The minimum atomic E-state index is -1.27. The molecule has 0 atom stereocenters. The molecule has 1 aromatic carbocycles. The highest BCUT2D eigenvalue weighted by Crippen LogP contribution is 2.22. The molecule has 0 aliphatic carbocycles. The number of nitrogens with one attached hydrogen (secondary N) is 1. The molecular formula is C12H13F2NO3. The van der Waals surface area contributed by atoms with Crippen molar-refractivity contribution in [1.82, 2.24) is 0 Å². The molecule has 4 nitrogen and oxygen atoms in total. The molecule has 0 radical (unpaired) electrons. The number of carbonyl (C=O) groups is 2. The van der Waals surface area contributed by atoms with Gasteiger partial charge in [0.1, 0.15) is 0 Å². The summed E-state index contributed by atoms with van der Waals surface area (Å²) in [6.45, 7) is 2.74. The first-order valence-electron chi connectivity index (χ1n) is 5.21. The van der Waals surface area contributed by atoms with E-state index in [0.29, 0.717) is 0 Å². The van der Waals surface area contributed by atoms with Crippen LogP contribution in [0.2, 0.25) is 0 Å². The maximum atomic E-state index is 13.2. The van der Waals surface area contributed by atoms with Gasteiger partial charge in [-0.05, 0) is 26.0 Å². The third kappa shape index (κ3) is 3.26. The Morgan fingerprint density at radius 2 is 1.94 bits per heavy atom. The molecule has 2 N–H and O–H groups in total. The Morgan fingerprint density at radius 1 is 1.33 bits per heavy atom. The summed E-state index contributed by atoms with van der Waals surface area (Å²) >= 11 is 0. The summed E-state index contributed by atoms with van der Waals surface area (Å²) in [5, 5.41) is 11.0. The average molecular weight is 257 g/mol. The van der Waals surface area contributed by atoms with E-state index in [4.69, 9.17) is 5.11 Å². The van der Waals surface area contributed by atoms with Crippen molar-refractivity contribution in [1.29, 1.82) is 0 Å². The number of carbonyl (C=O) groups excluding carboxylic acids is 1. The van der Waals surface area contributed by atoms with Gasteiger partial charge in [-0.15, -0.1) is 0 Å². The van der Waals surface area contributed by atoms with E-state index in [0.717, 1.165) is 6.07 Å². The number of hydrogen-bond donors (Lipinski definition) is 2. The van der Waals surface area contributed by atoms with E-state index in [1.165, 1.54) is 26.0 Å². The number of benzene rings is 1. The van der Waals surface area contributed by atoms with Crippen molar-refractivity contribution >= 4 is 17.6 Å². The molecule has 0 fully saturated rings. The second kappa shape index (κ2) is 5.12. The van der Waals surface area contributed by atoms with Crippen molar-refractivity contribution in [3.05, 3.63) is 29.8 Å². The van der Waals surface area contributed by atoms with Crippen LogP contribution in [0.5, 0.6) is 0 Å². The zero-order valence-corrected chi connectivity index (χ0v) is 9.96. The summed E-state index contributed by atoms with van der Waals surface area (Å²) in [5.74, 6) is -4.08.